The largest absolute Gasteiger partial charge is 0.497 e. The second-order valence-electron chi connectivity index (χ2n) is 8.62. The van der Waals surface area contributed by atoms with Gasteiger partial charge in [0.25, 0.3) is 0 Å². The summed E-state index contributed by atoms with van der Waals surface area (Å²) in [7, 11) is 1.55. The third-order valence-electron chi connectivity index (χ3n) is 5.79. The van der Waals surface area contributed by atoms with Crippen LogP contribution in [0.2, 0.25) is 0 Å². The van der Waals surface area contributed by atoms with E-state index in [1.807, 2.05) is 0 Å². The molecule has 0 radical (unpaired) electrons. The molecular formula is C23H19Cl12N3O2. The number of halogens is 12. The Bertz CT molecular complexity index is 1170. The summed E-state index contributed by atoms with van der Waals surface area (Å²) in [6.07, 6.45) is 6.32. The molecule has 1 aliphatic rings. The molecule has 3 rings (SSSR count). The van der Waals surface area contributed by atoms with Gasteiger partial charge in [-0.25, -0.2) is 0 Å². The lowest BCUT2D eigenvalue weighted by Crippen LogP contribution is -2.94. The Labute approximate surface area is 291 Å². The number of rotatable bonds is 5. The molecule has 2 aromatic rings. The fourth-order valence-corrected chi connectivity index (χ4v) is 7.51. The number of ether oxygens (including phenoxy) is 1. The van der Waals surface area contributed by atoms with Gasteiger partial charge in [0, 0.05) is 0 Å². The van der Waals surface area contributed by atoms with Gasteiger partial charge in [-0.15, -0.1) is 0 Å². The lowest BCUT2D eigenvalue weighted by Gasteiger charge is -2.63. The van der Waals surface area contributed by atoms with Crippen molar-refractivity contribution in [1.29, 1.82) is 0 Å². The number of alkyl halides is 12. The minimum absolute atomic E-state index is 0.429. The van der Waals surface area contributed by atoms with Crippen molar-refractivity contribution in [2.24, 2.45) is 0 Å². The van der Waals surface area contributed by atoms with E-state index >= 15 is 0 Å². The first-order chi connectivity index (χ1) is 18.1. The SMILES string of the molecule is COc1ccc(C=CC2(C=Cc3ccc(C)o3)NC(C(Cl)(Cl)Cl)(C(Cl)(Cl)Cl)NC(C(Cl)(Cl)Cl)(C(Cl)(Cl)Cl)N2)cc1. The highest BCUT2D eigenvalue weighted by Gasteiger charge is 2.75. The van der Waals surface area contributed by atoms with Crippen molar-refractivity contribution in [3.05, 3.63) is 65.6 Å². The molecule has 1 fully saturated rings. The highest BCUT2D eigenvalue weighted by atomic mass is 35.6. The fourth-order valence-electron chi connectivity index (χ4n) is 3.81. The molecule has 0 saturated carbocycles. The summed E-state index contributed by atoms with van der Waals surface area (Å²) in [5.74, 6) is 1.71. The molecule has 0 unspecified atom stereocenters. The Hall–Kier alpha value is 1.14. The van der Waals surface area contributed by atoms with Crippen LogP contribution < -0.4 is 20.7 Å². The third-order valence-corrected chi connectivity index (χ3v) is 9.19. The number of nitrogens with one attached hydrogen (secondary N) is 3. The molecule has 1 aliphatic heterocycles. The zero-order valence-corrected chi connectivity index (χ0v) is 29.2. The number of methoxy groups -OCH3 is 1. The van der Waals surface area contributed by atoms with Crippen molar-refractivity contribution in [3.8, 4) is 5.75 Å². The Morgan fingerprint density at radius 1 is 0.650 bits per heavy atom. The molecule has 1 aromatic carbocycles. The molecule has 1 saturated heterocycles. The Kier molecular flexibility index (Phi) is 11.1. The molecule has 40 heavy (non-hydrogen) atoms. The van der Waals surface area contributed by atoms with Gasteiger partial charge in [-0.05, 0) is 55.0 Å². The predicted molar refractivity (Wildman–Crippen MR) is 173 cm³/mol. The highest BCUT2D eigenvalue weighted by Crippen LogP contribution is 2.59. The van der Waals surface area contributed by atoms with Gasteiger partial charge in [-0.2, -0.15) is 0 Å². The van der Waals surface area contributed by atoms with Crippen molar-refractivity contribution in [2.45, 2.75) is 39.1 Å². The zero-order valence-electron chi connectivity index (χ0n) is 20.1. The van der Waals surface area contributed by atoms with E-state index in [1.54, 1.807) is 68.7 Å². The molecule has 1 aromatic heterocycles. The molecule has 3 N–H and O–H groups in total. The number of hydrogen-bond acceptors (Lipinski definition) is 5. The second-order valence-corrected chi connectivity index (χ2v) is 17.7. The van der Waals surface area contributed by atoms with E-state index in [2.05, 4.69) is 16.0 Å². The second kappa shape index (κ2) is 12.5. The summed E-state index contributed by atoms with van der Waals surface area (Å²) in [6.45, 7) is 1.77. The van der Waals surface area contributed by atoms with Crippen molar-refractivity contribution in [3.63, 3.8) is 0 Å². The molecule has 0 bridgehead atoms. The summed E-state index contributed by atoms with van der Waals surface area (Å²) in [5.41, 5.74) is -5.84. The highest BCUT2D eigenvalue weighted by molar-refractivity contribution is 6.75. The quantitative estimate of drug-likeness (QED) is 0.264. The molecule has 2 heterocycles. The minimum atomic E-state index is -2.49. The monoisotopic (exact) mass is 789 g/mol. The lowest BCUT2D eigenvalue weighted by atomic mass is 9.94. The first kappa shape index (κ1) is 35.6. The van der Waals surface area contributed by atoms with Gasteiger partial charge in [0.1, 0.15) is 22.9 Å². The molecular weight excluding hydrogens is 776 g/mol. The van der Waals surface area contributed by atoms with Crippen molar-refractivity contribution < 1.29 is 9.15 Å². The molecule has 0 spiro atoms. The van der Waals surface area contributed by atoms with Crippen LogP contribution in [0.25, 0.3) is 12.2 Å². The first-order valence-electron chi connectivity index (χ1n) is 10.8. The Morgan fingerprint density at radius 3 is 1.48 bits per heavy atom. The fraction of sp³-hybridized carbons (Fsp3) is 0.391. The van der Waals surface area contributed by atoms with E-state index in [0.29, 0.717) is 22.8 Å². The van der Waals surface area contributed by atoms with E-state index in [-0.39, 0.29) is 0 Å². The predicted octanol–water partition coefficient (Wildman–Crippen LogP) is 9.68. The van der Waals surface area contributed by atoms with Crippen LogP contribution in [0.1, 0.15) is 17.1 Å². The minimum Gasteiger partial charge on any atom is -0.497 e. The Morgan fingerprint density at radius 2 is 1.10 bits per heavy atom. The average Bonchev–Trinajstić information content (AvgIpc) is 3.24. The lowest BCUT2D eigenvalue weighted by molar-refractivity contribution is 0.0366. The summed E-state index contributed by atoms with van der Waals surface area (Å²) >= 11 is 77.6. The van der Waals surface area contributed by atoms with Crippen LogP contribution in [-0.4, -0.2) is 39.3 Å². The van der Waals surface area contributed by atoms with Gasteiger partial charge < -0.3 is 9.15 Å². The molecule has 17 heteroatoms. The third kappa shape index (κ3) is 7.33. The zero-order chi connectivity index (χ0) is 30.4. The Balaban J connectivity index is 2.38. The van der Waals surface area contributed by atoms with Gasteiger partial charge in [0.15, 0.2) is 11.3 Å². The maximum absolute atomic E-state index is 6.46. The topological polar surface area (TPSA) is 58.5 Å². The van der Waals surface area contributed by atoms with Crippen LogP contribution in [0.4, 0.5) is 0 Å². The summed E-state index contributed by atoms with van der Waals surface area (Å²) < 4.78 is 0.918. The van der Waals surface area contributed by atoms with Crippen LogP contribution in [0.15, 0.2) is 53.0 Å². The number of furan rings is 1. The molecule has 222 valence electrons. The van der Waals surface area contributed by atoms with Gasteiger partial charge in [0.2, 0.25) is 15.2 Å². The molecule has 0 aliphatic carbocycles. The molecule has 0 atom stereocenters. The summed E-state index contributed by atoms with van der Waals surface area (Å²) in [5, 5.41) is 8.74. The van der Waals surface area contributed by atoms with Crippen LogP contribution in [0.3, 0.4) is 0 Å². The van der Waals surface area contributed by atoms with E-state index in [1.165, 1.54) is 6.08 Å². The van der Waals surface area contributed by atoms with Gasteiger partial charge >= 0.3 is 0 Å². The normalized spacial score (nSPS) is 19.9. The van der Waals surface area contributed by atoms with E-state index in [9.17, 15) is 0 Å². The number of hydrogen-bond donors (Lipinski definition) is 3. The number of benzene rings is 1. The van der Waals surface area contributed by atoms with Crippen LogP contribution in [-0.2, 0) is 0 Å². The van der Waals surface area contributed by atoms with Crippen molar-refractivity contribution >= 4 is 151 Å². The van der Waals surface area contributed by atoms with E-state index in [0.717, 1.165) is 0 Å². The van der Waals surface area contributed by atoms with E-state index < -0.39 is 32.2 Å². The standard InChI is InChI=1S/C23H19Cl12N3O2/c1-13-3-6-16(40-13)10-12-17(11-9-14-4-7-15(39-2)8-5-14)36-18(20(24,25)26,21(27,28)29)38-19(37-17,22(30,31)32)23(33,34)35/h3-12,36-38H,1-2H3. The van der Waals surface area contributed by atoms with Gasteiger partial charge in [-0.1, -0.05) is 157 Å². The van der Waals surface area contributed by atoms with Crippen molar-refractivity contribution in [1.82, 2.24) is 16.0 Å². The summed E-state index contributed by atoms with van der Waals surface area (Å²) in [4.78, 5) is 0. The maximum atomic E-state index is 6.46. The van der Waals surface area contributed by atoms with Crippen LogP contribution in [0, 0.1) is 6.92 Å². The van der Waals surface area contributed by atoms with Crippen molar-refractivity contribution in [2.75, 3.05) is 7.11 Å². The van der Waals surface area contributed by atoms with E-state index in [4.69, 9.17) is 148 Å². The summed E-state index contributed by atoms with van der Waals surface area (Å²) in [6, 6.07) is 10.5. The molecule has 5 nitrogen and oxygen atoms in total. The molecule has 0 amide bonds. The van der Waals surface area contributed by atoms with Crippen LogP contribution in [0.5, 0.6) is 5.75 Å². The maximum Gasteiger partial charge on any atom is 0.225 e. The van der Waals surface area contributed by atoms with Crippen LogP contribution >= 0.6 is 139 Å². The smallest absolute Gasteiger partial charge is 0.225 e. The first-order valence-corrected chi connectivity index (χ1v) is 15.4. The van der Waals surface area contributed by atoms with Gasteiger partial charge in [-0.3, -0.25) is 16.0 Å². The van der Waals surface area contributed by atoms with Gasteiger partial charge in [0.05, 0.1) is 7.11 Å². The average molecular weight is 795 g/mol. The number of aryl methyl sites for hydroxylation is 1.